The predicted molar refractivity (Wildman–Crippen MR) is 218 cm³/mol. The first kappa shape index (κ1) is 38.6. The molecule has 2 aliphatic carbocycles. The largest absolute Gasteiger partial charge is 0.453 e. The standard InChI is InChI=1S/C45H50N8O6/c1-26(2)39(52-44(56)57-3)43(55)53-25-45(58-17-18-59-45)20-36(53)40-47-23-34(50-40)30-10-6-28(7-11-30)29-8-12-31(13-9-29)35-24-48-41(51-35)37-32-14-15-33(19-32)38(37)42(54)49-22-27-5-4-16-46-21-27/h4-13,16,21,23-24,26,32-33,36-39H,14-15,17-20,22,25H2,1-3H3,(H,47,50)(H,48,51)(H,49,54)(H,52,56)/t32?,33?,36-,37-,38-,39-/m0/s1. The number of carbonyl (C=O) groups is 3. The third kappa shape index (κ3) is 7.62. The molecular weight excluding hydrogens is 749 g/mol. The fraction of sp³-hybridized carbons (Fsp3) is 0.422. The van der Waals surface area contributed by atoms with Crippen LogP contribution in [0.4, 0.5) is 4.79 Å². The second-order valence-electron chi connectivity index (χ2n) is 16.6. The highest BCUT2D eigenvalue weighted by atomic mass is 16.7. The van der Waals surface area contributed by atoms with E-state index in [1.54, 1.807) is 23.5 Å². The summed E-state index contributed by atoms with van der Waals surface area (Å²) in [5.74, 6) is 1.11. The number of alkyl carbamates (subject to hydrolysis) is 1. The van der Waals surface area contributed by atoms with Crippen LogP contribution in [0.25, 0.3) is 33.6 Å². The second-order valence-corrected chi connectivity index (χ2v) is 16.6. The third-order valence-electron chi connectivity index (χ3n) is 12.7. The lowest BCUT2D eigenvalue weighted by atomic mass is 9.78. The Balaban J connectivity index is 0.874. The van der Waals surface area contributed by atoms with Crippen molar-refractivity contribution in [2.45, 2.75) is 69.9 Å². The van der Waals surface area contributed by atoms with E-state index in [-0.39, 0.29) is 36.1 Å². The number of pyridine rings is 1. The summed E-state index contributed by atoms with van der Waals surface area (Å²) in [6, 6.07) is 19.3. The SMILES string of the molecule is COC(=O)N[C@H](C(=O)N1CC2(C[C@H]1c1ncc(-c3ccc(-c4ccc(-c5cnc([C@H]6C7CCC(C7)[C@@H]6C(=O)NCc6cccnc6)[nH]5)cc4)cc3)[nH]1)OCCO2)C(C)C. The Morgan fingerprint density at radius 1 is 0.864 bits per heavy atom. The van der Waals surface area contributed by atoms with E-state index in [1.165, 1.54) is 7.11 Å². The number of imidazole rings is 2. The average molecular weight is 799 g/mol. The molecule has 2 bridgehead atoms. The van der Waals surface area contributed by atoms with Crippen molar-refractivity contribution >= 4 is 17.9 Å². The smallest absolute Gasteiger partial charge is 0.407 e. The van der Waals surface area contributed by atoms with Crippen LogP contribution in [0.5, 0.6) is 0 Å². The minimum absolute atomic E-state index is 0.0827. The highest BCUT2D eigenvalue weighted by molar-refractivity contribution is 5.86. The number of hydrogen-bond acceptors (Lipinski definition) is 9. The fourth-order valence-electron chi connectivity index (χ4n) is 9.76. The molecule has 1 spiro atoms. The summed E-state index contributed by atoms with van der Waals surface area (Å²) >= 11 is 0. The Kier molecular flexibility index (Phi) is 10.5. The van der Waals surface area contributed by atoms with Gasteiger partial charge in [-0.1, -0.05) is 68.4 Å². The Bertz CT molecular complexity index is 2280. The predicted octanol–water partition coefficient (Wildman–Crippen LogP) is 6.37. The summed E-state index contributed by atoms with van der Waals surface area (Å²) in [6.07, 6.45) is 10.3. The Labute approximate surface area is 342 Å². The van der Waals surface area contributed by atoms with Crippen molar-refractivity contribution in [2.24, 2.45) is 23.7 Å². The monoisotopic (exact) mass is 798 g/mol. The third-order valence-corrected chi connectivity index (χ3v) is 12.7. The highest BCUT2D eigenvalue weighted by Crippen LogP contribution is 2.56. The normalized spacial score (nSPS) is 23.5. The molecule has 6 atom stereocenters. The molecule has 4 aliphatic rings. The number of methoxy groups -OCH3 is 1. The van der Waals surface area contributed by atoms with E-state index in [0.29, 0.717) is 43.8 Å². The maximum absolute atomic E-state index is 14.0. The number of likely N-dealkylation sites (tertiary alicyclic amines) is 1. The topological polar surface area (TPSA) is 176 Å². The molecule has 9 rings (SSSR count). The van der Waals surface area contributed by atoms with Crippen LogP contribution in [0.15, 0.2) is 85.5 Å². The van der Waals surface area contributed by atoms with Crippen molar-refractivity contribution in [1.82, 2.24) is 40.5 Å². The van der Waals surface area contributed by atoms with Gasteiger partial charge in [0.15, 0.2) is 5.79 Å². The fourth-order valence-corrected chi connectivity index (χ4v) is 9.76. The van der Waals surface area contributed by atoms with Gasteiger partial charge in [0.05, 0.1) is 62.6 Å². The van der Waals surface area contributed by atoms with Gasteiger partial charge in [0.1, 0.15) is 17.7 Å². The number of rotatable bonds is 11. The van der Waals surface area contributed by atoms with E-state index in [0.717, 1.165) is 64.3 Å². The molecule has 5 aromatic rings. The molecule has 2 aromatic carbocycles. The molecule has 14 nitrogen and oxygen atoms in total. The Morgan fingerprint density at radius 3 is 2.12 bits per heavy atom. The number of ether oxygens (including phenoxy) is 3. The minimum Gasteiger partial charge on any atom is -0.453 e. The van der Waals surface area contributed by atoms with Crippen LogP contribution in [0.2, 0.25) is 0 Å². The Morgan fingerprint density at radius 2 is 1.49 bits per heavy atom. The van der Waals surface area contributed by atoms with Crippen LogP contribution in [0.1, 0.15) is 68.7 Å². The first-order valence-electron chi connectivity index (χ1n) is 20.6. The van der Waals surface area contributed by atoms with Crippen molar-refractivity contribution in [3.63, 3.8) is 0 Å². The zero-order chi connectivity index (χ0) is 40.7. The molecule has 14 heteroatoms. The lowest BCUT2D eigenvalue weighted by molar-refractivity contribution is -0.153. The van der Waals surface area contributed by atoms with Crippen molar-refractivity contribution in [3.05, 3.63) is 103 Å². The van der Waals surface area contributed by atoms with Crippen LogP contribution in [0.3, 0.4) is 0 Å². The molecule has 4 N–H and O–H groups in total. The molecule has 2 saturated heterocycles. The molecule has 0 radical (unpaired) electrons. The number of benzene rings is 2. The van der Waals surface area contributed by atoms with Crippen molar-refractivity contribution < 1.29 is 28.6 Å². The summed E-state index contributed by atoms with van der Waals surface area (Å²) in [7, 11) is 1.28. The van der Waals surface area contributed by atoms with Crippen LogP contribution in [0, 0.1) is 23.7 Å². The first-order valence-corrected chi connectivity index (χ1v) is 20.6. The second kappa shape index (κ2) is 16.1. The molecule has 5 heterocycles. The summed E-state index contributed by atoms with van der Waals surface area (Å²) < 4.78 is 16.9. The molecule has 59 heavy (non-hydrogen) atoms. The van der Waals surface area contributed by atoms with Gasteiger partial charge in [-0.25, -0.2) is 14.8 Å². The molecule has 2 aliphatic heterocycles. The van der Waals surface area contributed by atoms with E-state index in [9.17, 15) is 14.4 Å². The summed E-state index contributed by atoms with van der Waals surface area (Å²) in [6.45, 7) is 5.35. The van der Waals surface area contributed by atoms with Crippen LogP contribution < -0.4 is 10.6 Å². The number of amides is 3. The maximum atomic E-state index is 14.0. The van der Waals surface area contributed by atoms with Gasteiger partial charge in [0, 0.05) is 31.3 Å². The molecule has 4 fully saturated rings. The van der Waals surface area contributed by atoms with Gasteiger partial charge in [0.2, 0.25) is 11.8 Å². The van der Waals surface area contributed by atoms with E-state index in [4.69, 9.17) is 24.2 Å². The van der Waals surface area contributed by atoms with Gasteiger partial charge in [-0.05, 0) is 70.9 Å². The van der Waals surface area contributed by atoms with Crippen molar-refractivity contribution in [3.8, 4) is 33.6 Å². The van der Waals surface area contributed by atoms with Gasteiger partial charge in [-0.3, -0.25) is 14.6 Å². The molecule has 2 saturated carbocycles. The minimum atomic E-state index is -0.922. The van der Waals surface area contributed by atoms with Gasteiger partial charge in [-0.15, -0.1) is 0 Å². The van der Waals surface area contributed by atoms with Crippen molar-refractivity contribution in [2.75, 3.05) is 26.9 Å². The molecule has 2 unspecified atom stereocenters. The number of nitrogens with one attached hydrogen (secondary N) is 4. The number of nitrogens with zero attached hydrogens (tertiary/aromatic N) is 4. The first-order chi connectivity index (χ1) is 28.7. The quantitative estimate of drug-likeness (QED) is 0.118. The van der Waals surface area contributed by atoms with Crippen LogP contribution in [-0.2, 0) is 30.3 Å². The zero-order valence-corrected chi connectivity index (χ0v) is 33.5. The van der Waals surface area contributed by atoms with Crippen molar-refractivity contribution in [1.29, 1.82) is 0 Å². The van der Waals surface area contributed by atoms with Crippen LogP contribution >= 0.6 is 0 Å². The molecule has 3 aromatic heterocycles. The molecule has 306 valence electrons. The number of aromatic amines is 2. The molecule has 3 amide bonds. The number of aromatic nitrogens is 5. The van der Waals surface area contributed by atoms with E-state index in [1.807, 2.05) is 32.2 Å². The summed E-state index contributed by atoms with van der Waals surface area (Å²) in [4.78, 5) is 62.2. The lowest BCUT2D eigenvalue weighted by Gasteiger charge is -2.30. The van der Waals surface area contributed by atoms with Gasteiger partial charge in [-0.2, -0.15) is 0 Å². The number of hydrogen-bond donors (Lipinski definition) is 4. The average Bonchev–Trinajstić information content (AvgIpc) is 4.14. The lowest BCUT2D eigenvalue weighted by Crippen LogP contribution is -2.52. The van der Waals surface area contributed by atoms with E-state index in [2.05, 4.69) is 74.1 Å². The number of H-pyrrole nitrogens is 2. The highest BCUT2D eigenvalue weighted by Gasteiger charge is 2.54. The summed E-state index contributed by atoms with van der Waals surface area (Å²) in [5.41, 5.74) is 6.87. The Hall–Kier alpha value is -5.86. The maximum Gasteiger partial charge on any atom is 0.407 e. The van der Waals surface area contributed by atoms with E-state index < -0.39 is 24.0 Å². The van der Waals surface area contributed by atoms with E-state index >= 15 is 0 Å². The van der Waals surface area contributed by atoms with Gasteiger partial charge in [0.25, 0.3) is 0 Å². The number of fused-ring (bicyclic) bond motifs is 2. The molecular formula is C45H50N8O6. The van der Waals surface area contributed by atoms with Gasteiger partial charge < -0.3 is 39.7 Å². The van der Waals surface area contributed by atoms with Gasteiger partial charge >= 0.3 is 6.09 Å². The van der Waals surface area contributed by atoms with Crippen LogP contribution in [-0.4, -0.2) is 86.4 Å². The number of carbonyl (C=O) groups excluding carboxylic acids is 3. The zero-order valence-electron chi connectivity index (χ0n) is 33.5. The summed E-state index contributed by atoms with van der Waals surface area (Å²) in [5, 5.41) is 5.88.